The Bertz CT molecular complexity index is 846. The van der Waals surface area contributed by atoms with E-state index in [1.807, 2.05) is 18.2 Å². The number of hydrogen-bond acceptors (Lipinski definition) is 5. The zero-order valence-electron chi connectivity index (χ0n) is 14.3. The quantitative estimate of drug-likeness (QED) is 0.458. The first-order valence-electron chi connectivity index (χ1n) is 7.99. The predicted octanol–water partition coefficient (Wildman–Crippen LogP) is 4.14. The molecule has 1 fully saturated rings. The molecule has 1 aliphatic heterocycles. The number of ether oxygens (including phenoxy) is 3. The number of halogens is 1. The lowest BCUT2D eigenvalue weighted by molar-refractivity contribution is -0.222. The molecule has 0 bridgehead atoms. The lowest BCUT2D eigenvalue weighted by atomic mass is 10.1. The number of benzene rings is 2. The second kappa shape index (κ2) is 7.22. The van der Waals surface area contributed by atoms with Gasteiger partial charge in [-0.15, -0.1) is 0 Å². The Kier molecular flexibility index (Phi) is 5.00. The summed E-state index contributed by atoms with van der Waals surface area (Å²) in [6, 6.07) is 14.4. The average Bonchev–Trinajstić information content (AvgIpc) is 2.58. The summed E-state index contributed by atoms with van der Waals surface area (Å²) in [5, 5.41) is 0.645. The van der Waals surface area contributed by atoms with Crippen molar-refractivity contribution in [2.75, 3.05) is 0 Å². The van der Waals surface area contributed by atoms with E-state index in [1.54, 1.807) is 30.3 Å². The molecule has 0 atom stereocenters. The Balaban J connectivity index is 1.69. The Labute approximate surface area is 156 Å². The predicted molar refractivity (Wildman–Crippen MR) is 96.5 cm³/mol. The normalized spacial score (nSPS) is 15.9. The molecule has 0 aliphatic carbocycles. The van der Waals surface area contributed by atoms with Crippen LogP contribution in [0, 0.1) is 0 Å². The Hall–Kier alpha value is -2.79. The number of carbonyl (C=O) groups is 2. The van der Waals surface area contributed by atoms with Gasteiger partial charge in [0.1, 0.15) is 17.9 Å². The molecular weight excluding hydrogens is 356 g/mol. The number of hydrogen-bond donors (Lipinski definition) is 0. The highest BCUT2D eigenvalue weighted by atomic mass is 35.5. The summed E-state index contributed by atoms with van der Waals surface area (Å²) in [7, 11) is 0. The van der Waals surface area contributed by atoms with Gasteiger partial charge in [0, 0.05) is 24.4 Å². The number of carbonyl (C=O) groups excluding carboxylic acids is 2. The molecule has 1 heterocycles. The van der Waals surface area contributed by atoms with E-state index in [0.717, 1.165) is 5.56 Å². The molecule has 0 N–H and O–H groups in total. The summed E-state index contributed by atoms with van der Waals surface area (Å²) in [4.78, 5) is 23.9. The number of rotatable bonds is 4. The van der Waals surface area contributed by atoms with Crippen molar-refractivity contribution < 1.29 is 23.8 Å². The van der Waals surface area contributed by atoms with Gasteiger partial charge in [0.15, 0.2) is 0 Å². The summed E-state index contributed by atoms with van der Waals surface area (Å²) in [5.74, 6) is -2.01. The molecule has 26 heavy (non-hydrogen) atoms. The van der Waals surface area contributed by atoms with Crippen LogP contribution in [0.3, 0.4) is 0 Å². The fraction of sp³-hybridized carbons (Fsp3) is 0.200. The minimum Gasteiger partial charge on any atom is -0.489 e. The van der Waals surface area contributed by atoms with Gasteiger partial charge in [0.05, 0.1) is 0 Å². The van der Waals surface area contributed by atoms with E-state index >= 15 is 0 Å². The first-order valence-corrected chi connectivity index (χ1v) is 8.36. The lowest BCUT2D eigenvalue weighted by Gasteiger charge is -2.29. The van der Waals surface area contributed by atoms with Crippen LogP contribution in [-0.2, 0) is 25.7 Å². The fourth-order valence-electron chi connectivity index (χ4n) is 2.38. The molecule has 134 valence electrons. The second-order valence-electron chi connectivity index (χ2n) is 6.19. The average molecular weight is 373 g/mol. The molecule has 0 amide bonds. The van der Waals surface area contributed by atoms with Gasteiger partial charge in [0.25, 0.3) is 5.79 Å². The van der Waals surface area contributed by atoms with E-state index in [2.05, 4.69) is 0 Å². The van der Waals surface area contributed by atoms with Crippen LogP contribution in [0.5, 0.6) is 5.75 Å². The SMILES string of the molecule is CC1(C)OC(=O)C(=Cc2ccc(OCc3ccccc3Cl)cc2)C(=O)O1. The first-order chi connectivity index (χ1) is 12.3. The van der Waals surface area contributed by atoms with Crippen LogP contribution < -0.4 is 4.74 Å². The van der Waals surface area contributed by atoms with Crippen molar-refractivity contribution in [1.82, 2.24) is 0 Å². The smallest absolute Gasteiger partial charge is 0.348 e. The van der Waals surface area contributed by atoms with E-state index in [4.69, 9.17) is 25.8 Å². The topological polar surface area (TPSA) is 61.8 Å². The number of cyclic esters (lactones) is 2. The van der Waals surface area contributed by atoms with Gasteiger partial charge < -0.3 is 14.2 Å². The molecule has 0 aromatic heterocycles. The van der Waals surface area contributed by atoms with Crippen LogP contribution in [0.4, 0.5) is 0 Å². The van der Waals surface area contributed by atoms with Crippen molar-refractivity contribution in [3.63, 3.8) is 0 Å². The van der Waals surface area contributed by atoms with E-state index in [1.165, 1.54) is 19.9 Å². The van der Waals surface area contributed by atoms with Crippen LogP contribution in [-0.4, -0.2) is 17.7 Å². The van der Waals surface area contributed by atoms with E-state index in [9.17, 15) is 9.59 Å². The summed E-state index contributed by atoms with van der Waals surface area (Å²) < 4.78 is 15.8. The third kappa shape index (κ3) is 4.24. The monoisotopic (exact) mass is 372 g/mol. The molecule has 0 radical (unpaired) electrons. The van der Waals surface area contributed by atoms with Gasteiger partial charge in [-0.05, 0) is 29.8 Å². The molecule has 5 nitrogen and oxygen atoms in total. The molecule has 0 spiro atoms. The van der Waals surface area contributed by atoms with E-state index in [0.29, 0.717) is 22.9 Å². The Morgan fingerprint density at radius 3 is 2.23 bits per heavy atom. The molecule has 0 unspecified atom stereocenters. The van der Waals surface area contributed by atoms with Gasteiger partial charge in [0.2, 0.25) is 0 Å². The molecule has 2 aromatic carbocycles. The third-order valence-electron chi connectivity index (χ3n) is 3.66. The maximum absolute atomic E-state index is 12.0. The molecule has 1 saturated heterocycles. The number of esters is 2. The molecule has 6 heteroatoms. The third-order valence-corrected chi connectivity index (χ3v) is 4.03. The minimum absolute atomic E-state index is 0.144. The van der Waals surface area contributed by atoms with E-state index in [-0.39, 0.29) is 5.57 Å². The van der Waals surface area contributed by atoms with E-state index < -0.39 is 17.7 Å². The highest BCUT2D eigenvalue weighted by Crippen LogP contribution is 2.25. The van der Waals surface area contributed by atoms with Crippen LogP contribution in [0.25, 0.3) is 6.08 Å². The van der Waals surface area contributed by atoms with Gasteiger partial charge in [-0.25, -0.2) is 9.59 Å². The molecule has 1 aliphatic rings. The summed E-state index contributed by atoms with van der Waals surface area (Å²) in [6.07, 6.45) is 1.43. The van der Waals surface area contributed by atoms with Crippen LogP contribution in [0.2, 0.25) is 5.02 Å². The molecule has 0 saturated carbocycles. The van der Waals surface area contributed by atoms with Crippen LogP contribution >= 0.6 is 11.6 Å². The minimum atomic E-state index is -1.25. The lowest BCUT2D eigenvalue weighted by Crippen LogP contribution is -2.41. The second-order valence-corrected chi connectivity index (χ2v) is 6.59. The zero-order chi connectivity index (χ0) is 18.7. The van der Waals surface area contributed by atoms with Crippen LogP contribution in [0.15, 0.2) is 54.1 Å². The van der Waals surface area contributed by atoms with Gasteiger partial charge in [-0.3, -0.25) is 0 Å². The standard InChI is InChI=1S/C20H17ClO5/c1-20(2)25-18(22)16(19(23)26-20)11-13-7-9-15(10-8-13)24-12-14-5-3-4-6-17(14)21/h3-11H,12H2,1-2H3. The Morgan fingerprint density at radius 2 is 1.62 bits per heavy atom. The van der Waals surface area contributed by atoms with Gasteiger partial charge in [-0.1, -0.05) is 41.9 Å². The highest BCUT2D eigenvalue weighted by Gasteiger charge is 2.38. The maximum atomic E-state index is 12.0. The first kappa shape index (κ1) is 18.0. The molecule has 3 rings (SSSR count). The van der Waals surface area contributed by atoms with Crippen molar-refractivity contribution in [3.8, 4) is 5.75 Å². The Morgan fingerprint density at radius 1 is 1.00 bits per heavy atom. The summed E-state index contributed by atoms with van der Waals surface area (Å²) in [6.45, 7) is 3.35. The van der Waals surface area contributed by atoms with Crippen LogP contribution in [0.1, 0.15) is 25.0 Å². The van der Waals surface area contributed by atoms with Crippen molar-refractivity contribution in [1.29, 1.82) is 0 Å². The maximum Gasteiger partial charge on any atom is 0.348 e. The molecular formula is C20H17ClO5. The fourth-order valence-corrected chi connectivity index (χ4v) is 2.57. The van der Waals surface area contributed by atoms with Gasteiger partial charge in [-0.2, -0.15) is 0 Å². The highest BCUT2D eigenvalue weighted by molar-refractivity contribution is 6.31. The largest absolute Gasteiger partial charge is 0.489 e. The summed E-state index contributed by atoms with van der Waals surface area (Å²) >= 11 is 6.10. The van der Waals surface area contributed by atoms with Crippen molar-refractivity contribution in [3.05, 3.63) is 70.3 Å². The summed E-state index contributed by atoms with van der Waals surface area (Å²) in [5.41, 5.74) is 1.39. The van der Waals surface area contributed by atoms with Crippen molar-refractivity contribution in [2.45, 2.75) is 26.2 Å². The van der Waals surface area contributed by atoms with Crippen molar-refractivity contribution >= 4 is 29.6 Å². The zero-order valence-corrected chi connectivity index (χ0v) is 15.1. The van der Waals surface area contributed by atoms with Crippen molar-refractivity contribution in [2.24, 2.45) is 0 Å². The molecule has 2 aromatic rings. The van der Waals surface area contributed by atoms with Gasteiger partial charge >= 0.3 is 11.9 Å².